The monoisotopic (exact) mass is 190 g/mol. The Bertz CT molecular complexity index is 314. The summed E-state index contributed by atoms with van der Waals surface area (Å²) >= 11 is 0. The smallest absolute Gasteiger partial charge is 0.0359 e. The Kier molecular flexibility index (Phi) is 2.73. The highest BCUT2D eigenvalue weighted by atomic mass is 15.1. The fraction of sp³-hybridized carbons (Fsp3) is 0.500. The third-order valence-corrected chi connectivity index (χ3v) is 2.89. The lowest BCUT2D eigenvalue weighted by atomic mass is 10.1. The molecule has 0 amide bonds. The Balaban J connectivity index is 2.10. The number of aryl methyl sites for hydroxylation is 1. The summed E-state index contributed by atoms with van der Waals surface area (Å²) in [7, 11) is 0. The lowest BCUT2D eigenvalue weighted by molar-refractivity contribution is 0.332. The van der Waals surface area contributed by atoms with Gasteiger partial charge >= 0.3 is 0 Å². The van der Waals surface area contributed by atoms with Gasteiger partial charge in [-0.2, -0.15) is 0 Å². The van der Waals surface area contributed by atoms with Gasteiger partial charge in [0, 0.05) is 12.2 Å². The fourth-order valence-electron chi connectivity index (χ4n) is 2.05. The molecule has 2 rings (SSSR count). The van der Waals surface area contributed by atoms with Crippen molar-refractivity contribution >= 4 is 5.69 Å². The molecule has 0 bridgehead atoms. The van der Waals surface area contributed by atoms with Crippen LogP contribution in [0.25, 0.3) is 0 Å². The Labute approximate surface area is 85.7 Å². The molecule has 2 N–H and O–H groups in total. The van der Waals surface area contributed by atoms with Gasteiger partial charge in [-0.05, 0) is 44.5 Å². The molecule has 0 aliphatic carbocycles. The molecule has 1 aliphatic rings. The van der Waals surface area contributed by atoms with Crippen molar-refractivity contribution in [1.29, 1.82) is 0 Å². The van der Waals surface area contributed by atoms with E-state index in [9.17, 15) is 0 Å². The molecule has 1 aromatic carbocycles. The first kappa shape index (κ1) is 9.53. The molecule has 0 radical (unpaired) electrons. The number of nitrogens with two attached hydrogens (primary N) is 1. The molecule has 1 fully saturated rings. The summed E-state index contributed by atoms with van der Waals surface area (Å²) in [6.07, 6.45) is 2.68. The predicted octanol–water partition coefficient (Wildman–Crippen LogP) is 2.17. The highest BCUT2D eigenvalue weighted by Gasteiger charge is 2.12. The summed E-state index contributed by atoms with van der Waals surface area (Å²) in [5.41, 5.74) is 9.46. The van der Waals surface area contributed by atoms with Crippen LogP contribution < -0.4 is 5.73 Å². The van der Waals surface area contributed by atoms with Crippen molar-refractivity contribution in [3.05, 3.63) is 29.3 Å². The quantitative estimate of drug-likeness (QED) is 0.724. The van der Waals surface area contributed by atoms with E-state index < -0.39 is 0 Å². The largest absolute Gasteiger partial charge is 0.398 e. The van der Waals surface area contributed by atoms with E-state index in [-0.39, 0.29) is 0 Å². The summed E-state index contributed by atoms with van der Waals surface area (Å²) in [4.78, 5) is 2.48. The van der Waals surface area contributed by atoms with Crippen molar-refractivity contribution in [3.63, 3.8) is 0 Å². The van der Waals surface area contributed by atoms with Crippen molar-refractivity contribution in [1.82, 2.24) is 4.90 Å². The third kappa shape index (κ3) is 2.07. The molecular formula is C12H18N2. The van der Waals surface area contributed by atoms with Gasteiger partial charge in [-0.3, -0.25) is 4.90 Å². The van der Waals surface area contributed by atoms with E-state index in [1.165, 1.54) is 37.1 Å². The van der Waals surface area contributed by atoms with Crippen LogP contribution in [0.3, 0.4) is 0 Å². The van der Waals surface area contributed by atoms with E-state index in [1.807, 2.05) is 6.07 Å². The molecule has 14 heavy (non-hydrogen) atoms. The van der Waals surface area contributed by atoms with Gasteiger partial charge in [0.25, 0.3) is 0 Å². The van der Waals surface area contributed by atoms with E-state index in [1.54, 1.807) is 0 Å². The molecule has 0 aromatic heterocycles. The van der Waals surface area contributed by atoms with Gasteiger partial charge in [-0.15, -0.1) is 0 Å². The number of hydrogen-bond acceptors (Lipinski definition) is 2. The zero-order chi connectivity index (χ0) is 9.97. The molecule has 0 spiro atoms. The summed E-state index contributed by atoms with van der Waals surface area (Å²) in [6.45, 7) is 5.60. The van der Waals surface area contributed by atoms with Gasteiger partial charge < -0.3 is 5.73 Å². The first-order chi connectivity index (χ1) is 6.75. The van der Waals surface area contributed by atoms with Crippen molar-refractivity contribution in [2.45, 2.75) is 26.3 Å². The van der Waals surface area contributed by atoms with Crippen LogP contribution >= 0.6 is 0 Å². The number of rotatable bonds is 2. The van der Waals surface area contributed by atoms with E-state index in [4.69, 9.17) is 5.73 Å². The molecule has 2 nitrogen and oxygen atoms in total. The van der Waals surface area contributed by atoms with Crippen LogP contribution in [-0.2, 0) is 6.54 Å². The van der Waals surface area contributed by atoms with E-state index in [0.29, 0.717) is 0 Å². The van der Waals surface area contributed by atoms with E-state index >= 15 is 0 Å². The molecule has 1 aromatic rings. The van der Waals surface area contributed by atoms with Crippen molar-refractivity contribution in [3.8, 4) is 0 Å². The van der Waals surface area contributed by atoms with E-state index in [0.717, 1.165) is 12.2 Å². The second kappa shape index (κ2) is 4.01. The predicted molar refractivity (Wildman–Crippen MR) is 60.1 cm³/mol. The Morgan fingerprint density at radius 2 is 2.00 bits per heavy atom. The molecule has 1 saturated heterocycles. The second-order valence-corrected chi connectivity index (χ2v) is 4.19. The molecule has 0 atom stereocenters. The molecule has 0 saturated carbocycles. The van der Waals surface area contributed by atoms with E-state index in [2.05, 4.69) is 24.0 Å². The number of benzene rings is 1. The normalized spacial score (nSPS) is 17.5. The molecule has 2 heteroatoms. The van der Waals surface area contributed by atoms with Gasteiger partial charge in [0.1, 0.15) is 0 Å². The maximum atomic E-state index is 5.94. The summed E-state index contributed by atoms with van der Waals surface area (Å²) in [6, 6.07) is 6.29. The summed E-state index contributed by atoms with van der Waals surface area (Å²) in [5.74, 6) is 0. The average molecular weight is 190 g/mol. The maximum absolute atomic E-state index is 5.94. The zero-order valence-corrected chi connectivity index (χ0v) is 8.79. The highest BCUT2D eigenvalue weighted by molar-refractivity contribution is 5.48. The van der Waals surface area contributed by atoms with Gasteiger partial charge in [-0.25, -0.2) is 0 Å². The van der Waals surface area contributed by atoms with Crippen LogP contribution in [0, 0.1) is 6.92 Å². The van der Waals surface area contributed by atoms with Crippen molar-refractivity contribution in [2.75, 3.05) is 18.8 Å². The van der Waals surface area contributed by atoms with Crippen LogP contribution in [0.2, 0.25) is 0 Å². The van der Waals surface area contributed by atoms with Gasteiger partial charge in [0.2, 0.25) is 0 Å². The topological polar surface area (TPSA) is 29.3 Å². The van der Waals surface area contributed by atoms with Crippen LogP contribution in [-0.4, -0.2) is 18.0 Å². The lowest BCUT2D eigenvalue weighted by Crippen LogP contribution is -2.19. The second-order valence-electron chi connectivity index (χ2n) is 4.19. The van der Waals surface area contributed by atoms with Gasteiger partial charge in [0.05, 0.1) is 0 Å². The van der Waals surface area contributed by atoms with Crippen molar-refractivity contribution < 1.29 is 0 Å². The number of nitrogen functional groups attached to an aromatic ring is 1. The fourth-order valence-corrected chi connectivity index (χ4v) is 2.05. The number of likely N-dealkylation sites (tertiary alicyclic amines) is 1. The zero-order valence-electron chi connectivity index (χ0n) is 8.79. The summed E-state index contributed by atoms with van der Waals surface area (Å²) < 4.78 is 0. The minimum absolute atomic E-state index is 0.933. The number of anilines is 1. The minimum atomic E-state index is 0.933. The Morgan fingerprint density at radius 3 is 2.71 bits per heavy atom. The van der Waals surface area contributed by atoms with Crippen molar-refractivity contribution in [2.24, 2.45) is 0 Å². The van der Waals surface area contributed by atoms with Crippen LogP contribution in [0.1, 0.15) is 24.0 Å². The van der Waals surface area contributed by atoms with Gasteiger partial charge in [0.15, 0.2) is 0 Å². The Morgan fingerprint density at radius 1 is 1.29 bits per heavy atom. The number of nitrogens with zero attached hydrogens (tertiary/aromatic N) is 1. The number of hydrogen-bond donors (Lipinski definition) is 1. The SMILES string of the molecule is Cc1ccc(N)c(CN2CCCC2)c1. The molecule has 76 valence electrons. The molecule has 1 heterocycles. The standard InChI is InChI=1S/C12H18N2/c1-10-4-5-12(13)11(8-10)9-14-6-2-3-7-14/h4-5,8H,2-3,6-7,9,13H2,1H3. The molecule has 1 aliphatic heterocycles. The highest BCUT2D eigenvalue weighted by Crippen LogP contribution is 2.18. The van der Waals surface area contributed by atoms with Crippen LogP contribution in [0.4, 0.5) is 5.69 Å². The average Bonchev–Trinajstić information content (AvgIpc) is 2.64. The molecule has 0 unspecified atom stereocenters. The first-order valence-electron chi connectivity index (χ1n) is 5.33. The summed E-state index contributed by atoms with van der Waals surface area (Å²) in [5, 5.41) is 0. The van der Waals surface area contributed by atoms with Crippen LogP contribution in [0.15, 0.2) is 18.2 Å². The third-order valence-electron chi connectivity index (χ3n) is 2.89. The maximum Gasteiger partial charge on any atom is 0.0359 e. The first-order valence-corrected chi connectivity index (χ1v) is 5.33. The van der Waals surface area contributed by atoms with Crippen LogP contribution in [0.5, 0.6) is 0 Å². The minimum Gasteiger partial charge on any atom is -0.398 e. The van der Waals surface area contributed by atoms with Gasteiger partial charge in [-0.1, -0.05) is 17.7 Å². The lowest BCUT2D eigenvalue weighted by Gasteiger charge is -2.16. The Hall–Kier alpha value is -1.02. The molecular weight excluding hydrogens is 172 g/mol.